The monoisotopic (exact) mass is 279 g/mol. The molecule has 2 aromatic rings. The highest BCUT2D eigenvalue weighted by atomic mass is 35.5. The van der Waals surface area contributed by atoms with Crippen molar-refractivity contribution in [2.24, 2.45) is 7.05 Å². The summed E-state index contributed by atoms with van der Waals surface area (Å²) in [4.78, 5) is 0. The highest BCUT2D eigenvalue weighted by Gasteiger charge is 2.11. The number of aryl methyl sites for hydroxylation is 2. The Morgan fingerprint density at radius 1 is 1.42 bits per heavy atom. The van der Waals surface area contributed by atoms with E-state index in [9.17, 15) is 0 Å². The second kappa shape index (κ2) is 6.08. The number of rotatable bonds is 5. The van der Waals surface area contributed by atoms with E-state index in [1.165, 1.54) is 5.56 Å². The topological polar surface area (TPSA) is 39.1 Å². The van der Waals surface area contributed by atoms with Crippen molar-refractivity contribution in [3.63, 3.8) is 0 Å². The number of hydrogen-bond acceptors (Lipinski definition) is 3. The van der Waals surface area contributed by atoms with E-state index in [-0.39, 0.29) is 0 Å². The number of nitrogens with one attached hydrogen (secondary N) is 1. The predicted octanol–water partition coefficient (Wildman–Crippen LogP) is 2.68. The van der Waals surface area contributed by atoms with Crippen LogP contribution in [0.25, 0.3) is 0 Å². The second-order valence-electron chi connectivity index (χ2n) is 4.44. The van der Waals surface area contributed by atoms with Crippen LogP contribution in [-0.4, -0.2) is 16.8 Å². The summed E-state index contributed by atoms with van der Waals surface area (Å²) in [5.74, 6) is 0.840. The Hall–Kier alpha value is -1.52. The van der Waals surface area contributed by atoms with Gasteiger partial charge in [0.25, 0.3) is 0 Å². The normalized spacial score (nSPS) is 10.7. The summed E-state index contributed by atoms with van der Waals surface area (Å²) in [7, 11) is 3.75. The quantitative estimate of drug-likeness (QED) is 0.915. The first-order valence-corrected chi connectivity index (χ1v) is 6.54. The van der Waals surface area contributed by atoms with Gasteiger partial charge in [-0.3, -0.25) is 4.68 Å². The Morgan fingerprint density at radius 2 is 2.21 bits per heavy atom. The minimum atomic E-state index is 0.432. The van der Waals surface area contributed by atoms with E-state index in [0.717, 1.165) is 23.6 Å². The second-order valence-corrected chi connectivity index (χ2v) is 4.80. The Bertz CT molecular complexity index is 566. The molecule has 4 nitrogen and oxygen atoms in total. The maximum absolute atomic E-state index is 6.17. The molecule has 0 unspecified atom stereocenters. The fraction of sp³-hybridized carbons (Fsp3) is 0.357. The number of ether oxygens (including phenoxy) is 1. The third kappa shape index (κ3) is 3.28. The van der Waals surface area contributed by atoms with Gasteiger partial charge in [0, 0.05) is 19.2 Å². The summed E-state index contributed by atoms with van der Waals surface area (Å²) in [6.07, 6.45) is 0. The van der Waals surface area contributed by atoms with E-state index in [0.29, 0.717) is 11.8 Å². The lowest BCUT2D eigenvalue weighted by Gasteiger charge is -2.08. The zero-order chi connectivity index (χ0) is 13.8. The molecule has 1 heterocycles. The van der Waals surface area contributed by atoms with E-state index in [2.05, 4.69) is 16.5 Å². The lowest BCUT2D eigenvalue weighted by atomic mass is 10.2. The number of aromatic nitrogens is 2. The van der Waals surface area contributed by atoms with Crippen molar-refractivity contribution in [2.75, 3.05) is 7.05 Å². The molecule has 0 atom stereocenters. The number of halogens is 1. The number of benzene rings is 1. The predicted molar refractivity (Wildman–Crippen MR) is 76.5 cm³/mol. The third-order valence-electron chi connectivity index (χ3n) is 2.93. The molecule has 0 fully saturated rings. The third-order valence-corrected chi connectivity index (χ3v) is 3.41. The van der Waals surface area contributed by atoms with Crippen LogP contribution in [-0.2, 0) is 20.2 Å². The van der Waals surface area contributed by atoms with Gasteiger partial charge in [-0.25, -0.2) is 0 Å². The van der Waals surface area contributed by atoms with Gasteiger partial charge in [-0.05, 0) is 31.7 Å². The average molecular weight is 280 g/mol. The molecule has 0 aliphatic heterocycles. The highest BCUT2D eigenvalue weighted by Crippen LogP contribution is 2.21. The zero-order valence-electron chi connectivity index (χ0n) is 11.4. The molecule has 0 aliphatic carbocycles. The zero-order valence-corrected chi connectivity index (χ0v) is 12.2. The first kappa shape index (κ1) is 13.9. The number of nitrogens with zero attached hydrogens (tertiary/aromatic N) is 2. The molecule has 0 bridgehead atoms. The average Bonchev–Trinajstić information content (AvgIpc) is 2.62. The Morgan fingerprint density at radius 3 is 2.84 bits per heavy atom. The van der Waals surface area contributed by atoms with Gasteiger partial charge in [-0.1, -0.05) is 23.7 Å². The van der Waals surface area contributed by atoms with Crippen molar-refractivity contribution < 1.29 is 4.74 Å². The molecule has 0 radical (unpaired) electrons. The maximum Gasteiger partial charge on any atom is 0.133 e. The van der Waals surface area contributed by atoms with Crippen LogP contribution in [0, 0.1) is 6.92 Å². The molecule has 0 spiro atoms. The Balaban J connectivity index is 2.08. The summed E-state index contributed by atoms with van der Waals surface area (Å²) in [5.41, 5.74) is 3.02. The van der Waals surface area contributed by atoms with E-state index >= 15 is 0 Å². The van der Waals surface area contributed by atoms with Gasteiger partial charge in [0.1, 0.15) is 17.5 Å². The van der Waals surface area contributed by atoms with Crippen LogP contribution in [0.15, 0.2) is 24.3 Å². The van der Waals surface area contributed by atoms with Crippen molar-refractivity contribution in [1.82, 2.24) is 15.1 Å². The Kier molecular flexibility index (Phi) is 4.45. The molecule has 0 saturated carbocycles. The fourth-order valence-corrected chi connectivity index (χ4v) is 2.17. The van der Waals surface area contributed by atoms with Crippen LogP contribution in [0.3, 0.4) is 0 Å². The molecule has 19 heavy (non-hydrogen) atoms. The molecule has 2 rings (SSSR count). The van der Waals surface area contributed by atoms with Crippen molar-refractivity contribution in [1.29, 1.82) is 0 Å². The van der Waals surface area contributed by atoms with Gasteiger partial charge >= 0.3 is 0 Å². The first-order chi connectivity index (χ1) is 9.11. The summed E-state index contributed by atoms with van der Waals surface area (Å²) >= 11 is 6.17. The van der Waals surface area contributed by atoms with Crippen LogP contribution >= 0.6 is 11.6 Å². The van der Waals surface area contributed by atoms with Crippen LogP contribution in [0.5, 0.6) is 5.75 Å². The summed E-state index contributed by atoms with van der Waals surface area (Å²) < 4.78 is 7.45. The largest absolute Gasteiger partial charge is 0.489 e. The van der Waals surface area contributed by atoms with Gasteiger partial charge < -0.3 is 10.1 Å². The molecule has 1 N–H and O–H groups in total. The smallest absolute Gasteiger partial charge is 0.133 e. The highest BCUT2D eigenvalue weighted by molar-refractivity contribution is 6.30. The SMILES string of the molecule is CNCc1cccc(OCc2c(C)nn(C)c2Cl)c1. The summed E-state index contributed by atoms with van der Waals surface area (Å²) in [6.45, 7) is 3.19. The van der Waals surface area contributed by atoms with Crippen molar-refractivity contribution in [3.05, 3.63) is 46.2 Å². The molecule has 1 aromatic heterocycles. The lowest BCUT2D eigenvalue weighted by Crippen LogP contribution is -2.05. The van der Waals surface area contributed by atoms with Gasteiger partial charge in [-0.15, -0.1) is 0 Å². The van der Waals surface area contributed by atoms with E-state index in [4.69, 9.17) is 16.3 Å². The molecule has 5 heteroatoms. The standard InChI is InChI=1S/C14H18ClN3O/c1-10-13(14(15)18(3)17-10)9-19-12-6-4-5-11(7-12)8-16-2/h4-7,16H,8-9H2,1-3H3. The van der Waals surface area contributed by atoms with Crippen LogP contribution in [0.4, 0.5) is 0 Å². The summed E-state index contributed by atoms with van der Waals surface area (Å²) in [6, 6.07) is 8.01. The molecular weight excluding hydrogens is 262 g/mol. The van der Waals surface area contributed by atoms with Crippen molar-refractivity contribution in [2.45, 2.75) is 20.1 Å². The fourth-order valence-electron chi connectivity index (χ4n) is 1.94. The van der Waals surface area contributed by atoms with Gasteiger partial charge in [0.05, 0.1) is 5.69 Å². The van der Waals surface area contributed by atoms with Crippen LogP contribution in [0.1, 0.15) is 16.8 Å². The van der Waals surface area contributed by atoms with Crippen molar-refractivity contribution in [3.8, 4) is 5.75 Å². The minimum absolute atomic E-state index is 0.432. The molecule has 0 amide bonds. The molecular formula is C14H18ClN3O. The van der Waals surface area contributed by atoms with Crippen molar-refractivity contribution >= 4 is 11.6 Å². The molecule has 0 aliphatic rings. The first-order valence-electron chi connectivity index (χ1n) is 6.16. The molecule has 1 aromatic carbocycles. The number of hydrogen-bond donors (Lipinski definition) is 1. The summed E-state index contributed by atoms with van der Waals surface area (Å²) in [5, 5.41) is 8.01. The van der Waals surface area contributed by atoms with E-state index in [1.807, 2.05) is 39.2 Å². The van der Waals surface area contributed by atoms with Gasteiger partial charge in [0.2, 0.25) is 0 Å². The van der Waals surface area contributed by atoms with E-state index in [1.54, 1.807) is 4.68 Å². The van der Waals surface area contributed by atoms with Crippen LogP contribution < -0.4 is 10.1 Å². The minimum Gasteiger partial charge on any atom is -0.489 e. The van der Waals surface area contributed by atoms with Crippen LogP contribution in [0.2, 0.25) is 5.15 Å². The Labute approximate surface area is 118 Å². The molecule has 0 saturated heterocycles. The lowest BCUT2D eigenvalue weighted by molar-refractivity contribution is 0.305. The van der Waals surface area contributed by atoms with Gasteiger partial charge in [0.15, 0.2) is 0 Å². The maximum atomic E-state index is 6.17. The molecule has 102 valence electrons. The van der Waals surface area contributed by atoms with E-state index < -0.39 is 0 Å². The van der Waals surface area contributed by atoms with Gasteiger partial charge in [-0.2, -0.15) is 5.10 Å².